The van der Waals surface area contributed by atoms with Crippen LogP contribution < -0.4 is 0 Å². The van der Waals surface area contributed by atoms with Crippen LogP contribution in [0, 0.1) is 22.0 Å². The first kappa shape index (κ1) is 7.07. The molecule has 0 fully saturated rings. The first-order valence-corrected chi connectivity index (χ1v) is 2.73. The molecule has 3 heteroatoms. The van der Waals surface area contributed by atoms with Gasteiger partial charge in [0.25, 0.3) is 0 Å². The van der Waals surface area contributed by atoms with Crippen molar-refractivity contribution in [3.05, 3.63) is 11.5 Å². The summed E-state index contributed by atoms with van der Waals surface area (Å²) in [5.41, 5.74) is 0. The Labute approximate surface area is 52.4 Å². The maximum atomic E-state index is 8.03. The zero-order valence-electron chi connectivity index (χ0n) is 4.22. The molecule has 0 rings (SSSR count). The lowest BCUT2D eigenvalue weighted by molar-refractivity contribution is 1.34. The Morgan fingerprint density at radius 2 is 2.25 bits per heavy atom. The lowest BCUT2D eigenvalue weighted by Gasteiger charge is -1.83. The molecule has 0 unspecified atom stereocenters. The molecular formula is C5H4N2S. The van der Waals surface area contributed by atoms with Gasteiger partial charge >= 0.3 is 0 Å². The van der Waals surface area contributed by atoms with E-state index in [1.165, 1.54) is 0 Å². The molecule has 0 heterocycles. The Kier molecular flexibility index (Phi) is 3.74. The summed E-state index contributed by atoms with van der Waals surface area (Å²) in [7, 11) is 0. The third-order valence-electron chi connectivity index (χ3n) is 0.466. The van der Waals surface area contributed by atoms with Crippen molar-refractivity contribution in [3.63, 3.8) is 0 Å². The first-order chi connectivity index (χ1) is 3.81. The Bertz CT molecular complexity index is 142. The molecule has 0 bridgehead atoms. The highest BCUT2D eigenvalue weighted by Crippen LogP contribution is 2.13. The summed E-state index contributed by atoms with van der Waals surface area (Å²) in [5, 5.41) is 17.9. The average Bonchev–Trinajstić information content (AvgIpc) is 1.68. The molecule has 0 atom stereocenters. The molecule has 0 aromatic heterocycles. The quantitative estimate of drug-likeness (QED) is 0.525. The molecule has 2 nitrogen and oxygen atoms in total. The smallest absolute Gasteiger partial charge is 0.138 e. The minimum Gasteiger partial charge on any atom is -0.198 e. The normalized spacial score (nSPS) is 6.75. The number of thiocyanates is 1. The van der Waals surface area contributed by atoms with Crippen LogP contribution in [0.1, 0.15) is 6.42 Å². The molecule has 0 saturated carbocycles. The summed E-state index contributed by atoms with van der Waals surface area (Å²) in [6.45, 7) is 3.45. The number of rotatable bonds is 2. The predicted molar refractivity (Wildman–Crippen MR) is 32.6 cm³/mol. The van der Waals surface area contributed by atoms with E-state index in [9.17, 15) is 0 Å². The number of hydrogen-bond donors (Lipinski definition) is 0. The van der Waals surface area contributed by atoms with Crippen molar-refractivity contribution >= 4 is 11.8 Å². The fourth-order valence-electron chi connectivity index (χ4n) is 0.189. The van der Waals surface area contributed by atoms with Gasteiger partial charge in [-0.25, -0.2) is 0 Å². The van der Waals surface area contributed by atoms with Gasteiger partial charge in [-0.15, -0.1) is 0 Å². The largest absolute Gasteiger partial charge is 0.198 e. The Hall–Kier alpha value is -0.930. The second-order valence-electron chi connectivity index (χ2n) is 1.07. The van der Waals surface area contributed by atoms with E-state index in [1.54, 1.807) is 0 Å². The molecule has 8 heavy (non-hydrogen) atoms. The van der Waals surface area contributed by atoms with E-state index >= 15 is 0 Å². The van der Waals surface area contributed by atoms with Crippen LogP contribution in [-0.4, -0.2) is 0 Å². The van der Waals surface area contributed by atoms with Crippen molar-refractivity contribution in [2.24, 2.45) is 0 Å². The fourth-order valence-corrected chi connectivity index (χ4v) is 0.455. The lowest BCUT2D eigenvalue weighted by Crippen LogP contribution is -1.65. The van der Waals surface area contributed by atoms with E-state index < -0.39 is 0 Å². The summed E-state index contributed by atoms with van der Waals surface area (Å²) >= 11 is 0.944. The molecule has 0 aromatic carbocycles. The number of hydrogen-bond acceptors (Lipinski definition) is 3. The lowest BCUT2D eigenvalue weighted by atomic mass is 10.5. The first-order valence-electron chi connectivity index (χ1n) is 1.92. The van der Waals surface area contributed by atoms with Crippen LogP contribution in [0.3, 0.4) is 0 Å². The van der Waals surface area contributed by atoms with E-state index in [0.29, 0.717) is 4.91 Å². The molecule has 0 aromatic rings. The topological polar surface area (TPSA) is 47.6 Å². The summed E-state index contributed by atoms with van der Waals surface area (Å²) in [4.78, 5) is 0.606. The third kappa shape index (κ3) is 3.27. The van der Waals surface area contributed by atoms with Crippen molar-refractivity contribution in [1.29, 1.82) is 10.5 Å². The summed E-state index contributed by atoms with van der Waals surface area (Å²) in [5.74, 6) is 0. The van der Waals surface area contributed by atoms with Gasteiger partial charge in [0.2, 0.25) is 0 Å². The van der Waals surface area contributed by atoms with E-state index in [2.05, 4.69) is 6.58 Å². The van der Waals surface area contributed by atoms with Crippen molar-refractivity contribution in [3.8, 4) is 11.5 Å². The van der Waals surface area contributed by atoms with E-state index in [0.717, 1.165) is 11.8 Å². The zero-order valence-corrected chi connectivity index (χ0v) is 5.03. The molecule has 0 saturated heterocycles. The van der Waals surface area contributed by atoms with Crippen molar-refractivity contribution < 1.29 is 0 Å². The van der Waals surface area contributed by atoms with Crippen LogP contribution >= 0.6 is 11.8 Å². The second kappa shape index (κ2) is 4.23. The fraction of sp³-hybridized carbons (Fsp3) is 0.200. The van der Waals surface area contributed by atoms with Gasteiger partial charge in [0, 0.05) is 4.91 Å². The van der Waals surface area contributed by atoms with Gasteiger partial charge in [0.05, 0.1) is 12.5 Å². The van der Waals surface area contributed by atoms with Crippen LogP contribution in [0.4, 0.5) is 0 Å². The van der Waals surface area contributed by atoms with Crippen LogP contribution in [0.15, 0.2) is 11.5 Å². The van der Waals surface area contributed by atoms with Gasteiger partial charge in [-0.3, -0.25) is 0 Å². The highest BCUT2D eigenvalue weighted by molar-refractivity contribution is 8.07. The highest BCUT2D eigenvalue weighted by atomic mass is 32.2. The Balaban J connectivity index is 3.41. The SMILES string of the molecule is C=C(CC#N)SC#N. The van der Waals surface area contributed by atoms with Crippen LogP contribution in [0.5, 0.6) is 0 Å². The van der Waals surface area contributed by atoms with Gasteiger partial charge in [-0.2, -0.15) is 10.5 Å². The summed E-state index contributed by atoms with van der Waals surface area (Å²) < 4.78 is 0. The Morgan fingerprint density at radius 3 is 2.62 bits per heavy atom. The Morgan fingerprint density at radius 1 is 1.62 bits per heavy atom. The number of allylic oxidation sites excluding steroid dienone is 1. The summed E-state index contributed by atoms with van der Waals surface area (Å²) in [6, 6.07) is 1.88. The molecule has 0 aliphatic carbocycles. The predicted octanol–water partition coefficient (Wildman–Crippen LogP) is 1.63. The third-order valence-corrected chi connectivity index (χ3v) is 0.991. The van der Waals surface area contributed by atoms with E-state index in [-0.39, 0.29) is 6.42 Å². The van der Waals surface area contributed by atoms with E-state index in [1.807, 2.05) is 11.5 Å². The van der Waals surface area contributed by atoms with Gasteiger partial charge in [-0.1, -0.05) is 6.58 Å². The number of nitrogens with zero attached hydrogens (tertiary/aromatic N) is 2. The molecule has 0 amide bonds. The van der Waals surface area contributed by atoms with Gasteiger partial charge in [0.1, 0.15) is 5.40 Å². The number of nitriles is 2. The van der Waals surface area contributed by atoms with E-state index in [4.69, 9.17) is 10.5 Å². The maximum absolute atomic E-state index is 8.03. The van der Waals surface area contributed by atoms with Gasteiger partial charge < -0.3 is 0 Å². The monoisotopic (exact) mass is 124 g/mol. The average molecular weight is 124 g/mol. The molecule has 0 aliphatic heterocycles. The zero-order chi connectivity index (χ0) is 6.41. The molecule has 0 spiro atoms. The molecule has 0 radical (unpaired) electrons. The molecular weight excluding hydrogens is 120 g/mol. The number of thioether (sulfide) groups is 1. The minimum absolute atomic E-state index is 0.262. The maximum Gasteiger partial charge on any atom is 0.138 e. The van der Waals surface area contributed by atoms with Crippen LogP contribution in [0.25, 0.3) is 0 Å². The van der Waals surface area contributed by atoms with Crippen molar-refractivity contribution in [2.45, 2.75) is 6.42 Å². The molecule has 40 valence electrons. The minimum atomic E-state index is 0.262. The molecule has 0 N–H and O–H groups in total. The highest BCUT2D eigenvalue weighted by Gasteiger charge is 1.88. The van der Waals surface area contributed by atoms with Crippen molar-refractivity contribution in [2.75, 3.05) is 0 Å². The molecule has 0 aliphatic rings. The van der Waals surface area contributed by atoms with Crippen LogP contribution in [-0.2, 0) is 0 Å². The van der Waals surface area contributed by atoms with Gasteiger partial charge in [0.15, 0.2) is 0 Å². The van der Waals surface area contributed by atoms with Crippen LogP contribution in [0.2, 0.25) is 0 Å². The standard InChI is InChI=1S/C5H4N2S/c1-5(2-3-6)8-4-7/h1-2H2. The second-order valence-corrected chi connectivity index (χ2v) is 2.03. The van der Waals surface area contributed by atoms with Gasteiger partial charge in [-0.05, 0) is 11.8 Å². The summed E-state index contributed by atoms with van der Waals surface area (Å²) in [6.07, 6.45) is 0.262. The van der Waals surface area contributed by atoms with Crippen molar-refractivity contribution in [1.82, 2.24) is 0 Å².